The lowest BCUT2D eigenvalue weighted by atomic mass is 9.61. The van der Waals surface area contributed by atoms with Gasteiger partial charge in [-0.05, 0) is 32.2 Å². The van der Waals surface area contributed by atoms with Gasteiger partial charge in [0.05, 0.1) is 0 Å². The van der Waals surface area contributed by atoms with Crippen molar-refractivity contribution in [2.24, 2.45) is 11.1 Å². The van der Waals surface area contributed by atoms with E-state index >= 15 is 0 Å². The van der Waals surface area contributed by atoms with Gasteiger partial charge in [0, 0.05) is 37.8 Å². The van der Waals surface area contributed by atoms with Crippen LogP contribution in [0.3, 0.4) is 0 Å². The molecule has 0 spiro atoms. The third kappa shape index (κ3) is 2.21. The van der Waals surface area contributed by atoms with Crippen LogP contribution in [0.15, 0.2) is 0 Å². The normalized spacial score (nSPS) is 38.8. The summed E-state index contributed by atoms with van der Waals surface area (Å²) in [5.41, 5.74) is 6.87. The van der Waals surface area contributed by atoms with Crippen molar-refractivity contribution in [2.45, 2.75) is 58.0 Å². The van der Waals surface area contributed by atoms with Crippen molar-refractivity contribution in [1.29, 1.82) is 0 Å². The predicted molar refractivity (Wildman–Crippen MR) is 77.7 cm³/mol. The number of hydrogen-bond acceptors (Lipinski definition) is 3. The van der Waals surface area contributed by atoms with Crippen LogP contribution in [0, 0.1) is 5.41 Å². The SMILES string of the molecule is CC1CN(C)CCN1C1(CN)CCCCC1(C)C. The predicted octanol–water partition coefficient (Wildman–Crippen LogP) is 1.92. The van der Waals surface area contributed by atoms with Crippen LogP contribution in [0.4, 0.5) is 0 Å². The average molecular weight is 253 g/mol. The van der Waals surface area contributed by atoms with Gasteiger partial charge in [-0.15, -0.1) is 0 Å². The summed E-state index contributed by atoms with van der Waals surface area (Å²) in [4.78, 5) is 5.19. The second-order valence-corrected chi connectivity index (χ2v) is 7.13. The lowest BCUT2D eigenvalue weighted by Crippen LogP contribution is -2.69. The van der Waals surface area contributed by atoms with Crippen molar-refractivity contribution < 1.29 is 0 Å². The van der Waals surface area contributed by atoms with Crippen molar-refractivity contribution >= 4 is 0 Å². The molecule has 1 saturated carbocycles. The molecule has 2 rings (SSSR count). The van der Waals surface area contributed by atoms with E-state index in [1.54, 1.807) is 0 Å². The molecule has 0 aromatic carbocycles. The molecule has 3 nitrogen and oxygen atoms in total. The third-order valence-electron chi connectivity index (χ3n) is 5.62. The zero-order valence-corrected chi connectivity index (χ0v) is 12.7. The fraction of sp³-hybridized carbons (Fsp3) is 1.00. The molecule has 1 aliphatic heterocycles. The monoisotopic (exact) mass is 253 g/mol. The van der Waals surface area contributed by atoms with E-state index in [0.717, 1.165) is 6.54 Å². The van der Waals surface area contributed by atoms with E-state index in [4.69, 9.17) is 5.73 Å². The topological polar surface area (TPSA) is 32.5 Å². The van der Waals surface area contributed by atoms with Crippen LogP contribution >= 0.6 is 0 Å². The molecular weight excluding hydrogens is 222 g/mol. The van der Waals surface area contributed by atoms with E-state index in [0.29, 0.717) is 11.5 Å². The fourth-order valence-corrected chi connectivity index (χ4v) is 4.36. The maximum atomic E-state index is 6.29. The maximum Gasteiger partial charge on any atom is 0.0386 e. The molecule has 1 aliphatic carbocycles. The first-order chi connectivity index (χ1) is 8.43. The van der Waals surface area contributed by atoms with Crippen LogP contribution in [-0.2, 0) is 0 Å². The summed E-state index contributed by atoms with van der Waals surface area (Å²) in [5, 5.41) is 0. The molecule has 0 aromatic rings. The largest absolute Gasteiger partial charge is 0.329 e. The number of likely N-dealkylation sites (N-methyl/N-ethyl adjacent to an activating group) is 1. The van der Waals surface area contributed by atoms with E-state index in [9.17, 15) is 0 Å². The first-order valence-corrected chi connectivity index (χ1v) is 7.58. The van der Waals surface area contributed by atoms with E-state index in [2.05, 4.69) is 37.6 Å². The van der Waals surface area contributed by atoms with Crippen molar-refractivity contribution in [2.75, 3.05) is 33.2 Å². The molecule has 18 heavy (non-hydrogen) atoms. The molecule has 0 amide bonds. The van der Waals surface area contributed by atoms with Gasteiger partial charge in [-0.25, -0.2) is 0 Å². The van der Waals surface area contributed by atoms with E-state index in [1.807, 2.05) is 0 Å². The van der Waals surface area contributed by atoms with Gasteiger partial charge in [-0.2, -0.15) is 0 Å². The second-order valence-electron chi connectivity index (χ2n) is 7.13. The number of rotatable bonds is 2. The summed E-state index contributed by atoms with van der Waals surface area (Å²) in [6, 6.07) is 0.629. The third-order valence-corrected chi connectivity index (χ3v) is 5.62. The van der Waals surface area contributed by atoms with Gasteiger partial charge >= 0.3 is 0 Å². The molecule has 2 aliphatic rings. The molecule has 0 bridgehead atoms. The zero-order chi connectivity index (χ0) is 13.4. The van der Waals surface area contributed by atoms with Gasteiger partial charge in [0.1, 0.15) is 0 Å². The molecule has 2 fully saturated rings. The quantitative estimate of drug-likeness (QED) is 0.816. The lowest BCUT2D eigenvalue weighted by Gasteiger charge is -2.59. The van der Waals surface area contributed by atoms with Gasteiger partial charge in [-0.3, -0.25) is 4.90 Å². The first kappa shape index (κ1) is 14.3. The molecule has 106 valence electrons. The van der Waals surface area contributed by atoms with Crippen molar-refractivity contribution in [1.82, 2.24) is 9.80 Å². The van der Waals surface area contributed by atoms with Crippen LogP contribution in [0.25, 0.3) is 0 Å². The van der Waals surface area contributed by atoms with Crippen molar-refractivity contribution in [3.05, 3.63) is 0 Å². The smallest absolute Gasteiger partial charge is 0.0386 e. The number of hydrogen-bond donors (Lipinski definition) is 1. The highest BCUT2D eigenvalue weighted by atomic mass is 15.3. The fourth-order valence-electron chi connectivity index (χ4n) is 4.36. The molecule has 0 radical (unpaired) electrons. The van der Waals surface area contributed by atoms with Crippen LogP contribution < -0.4 is 5.73 Å². The van der Waals surface area contributed by atoms with Crippen LogP contribution in [0.5, 0.6) is 0 Å². The van der Waals surface area contributed by atoms with Crippen LogP contribution in [0.1, 0.15) is 46.5 Å². The highest BCUT2D eigenvalue weighted by Gasteiger charge is 2.51. The lowest BCUT2D eigenvalue weighted by molar-refractivity contribution is -0.0863. The minimum atomic E-state index is 0.228. The Hall–Kier alpha value is -0.120. The van der Waals surface area contributed by atoms with Crippen molar-refractivity contribution in [3.63, 3.8) is 0 Å². The summed E-state index contributed by atoms with van der Waals surface area (Å²) in [7, 11) is 2.23. The molecule has 0 aromatic heterocycles. The summed E-state index contributed by atoms with van der Waals surface area (Å²) in [5.74, 6) is 0. The Bertz CT molecular complexity index is 289. The van der Waals surface area contributed by atoms with E-state index in [1.165, 1.54) is 45.3 Å². The highest BCUT2D eigenvalue weighted by molar-refractivity contribution is 5.07. The molecule has 2 unspecified atom stereocenters. The molecular formula is C15H31N3. The Labute approximate surface area is 113 Å². The van der Waals surface area contributed by atoms with E-state index in [-0.39, 0.29) is 5.54 Å². The van der Waals surface area contributed by atoms with E-state index < -0.39 is 0 Å². The van der Waals surface area contributed by atoms with Gasteiger partial charge in [0.25, 0.3) is 0 Å². The van der Waals surface area contributed by atoms with Gasteiger partial charge in [0.2, 0.25) is 0 Å². The zero-order valence-electron chi connectivity index (χ0n) is 12.7. The molecule has 2 atom stereocenters. The molecule has 3 heteroatoms. The molecule has 1 saturated heterocycles. The summed E-state index contributed by atoms with van der Waals surface area (Å²) >= 11 is 0. The Morgan fingerprint density at radius 3 is 2.39 bits per heavy atom. The Balaban J connectivity index is 2.25. The van der Waals surface area contributed by atoms with Gasteiger partial charge in [-0.1, -0.05) is 26.7 Å². The van der Waals surface area contributed by atoms with Crippen molar-refractivity contribution in [3.8, 4) is 0 Å². The van der Waals surface area contributed by atoms with Crippen LogP contribution in [0.2, 0.25) is 0 Å². The maximum absolute atomic E-state index is 6.29. The Morgan fingerprint density at radius 1 is 1.17 bits per heavy atom. The second kappa shape index (κ2) is 5.10. The standard InChI is InChI=1S/C15H31N3/c1-13-11-17(4)9-10-18(13)15(12-16)8-6-5-7-14(15,2)3/h13H,5-12,16H2,1-4H3. The highest BCUT2D eigenvalue weighted by Crippen LogP contribution is 2.48. The minimum absolute atomic E-state index is 0.228. The molecule has 1 heterocycles. The number of nitrogens with two attached hydrogens (primary N) is 1. The summed E-state index contributed by atoms with van der Waals surface area (Å²) in [6.07, 6.45) is 5.32. The molecule has 2 N–H and O–H groups in total. The number of piperazine rings is 1. The minimum Gasteiger partial charge on any atom is -0.329 e. The van der Waals surface area contributed by atoms with Gasteiger partial charge in [0.15, 0.2) is 0 Å². The number of nitrogens with zero attached hydrogens (tertiary/aromatic N) is 2. The first-order valence-electron chi connectivity index (χ1n) is 7.58. The Morgan fingerprint density at radius 2 is 1.83 bits per heavy atom. The van der Waals surface area contributed by atoms with Crippen LogP contribution in [-0.4, -0.2) is 54.6 Å². The summed E-state index contributed by atoms with van der Waals surface area (Å²) in [6.45, 7) is 11.6. The summed E-state index contributed by atoms with van der Waals surface area (Å²) < 4.78 is 0. The Kier molecular flexibility index (Phi) is 4.05. The van der Waals surface area contributed by atoms with Gasteiger partial charge < -0.3 is 10.6 Å². The average Bonchev–Trinajstić information content (AvgIpc) is 2.30.